The number of carbonyl (C=O) groups is 1. The smallest absolute Gasteiger partial charge is 0.224 e. The van der Waals surface area contributed by atoms with E-state index >= 15 is 0 Å². The van der Waals surface area contributed by atoms with Crippen LogP contribution in [-0.2, 0) is 24.2 Å². The van der Waals surface area contributed by atoms with Gasteiger partial charge in [-0.2, -0.15) is 16.4 Å². The monoisotopic (exact) mass is 379 g/mol. The van der Waals surface area contributed by atoms with E-state index in [9.17, 15) is 4.79 Å². The number of amides is 1. The number of nitrogens with one attached hydrogen (secondary N) is 1. The Kier molecular flexibility index (Phi) is 4.87. The second-order valence-corrected chi connectivity index (χ2v) is 8.94. The van der Waals surface area contributed by atoms with E-state index in [4.69, 9.17) is 0 Å². The van der Waals surface area contributed by atoms with Gasteiger partial charge in [-0.05, 0) is 46.2 Å². The number of rotatable bonds is 5. The molecule has 2 aromatic heterocycles. The van der Waals surface area contributed by atoms with Crippen LogP contribution >= 0.6 is 11.3 Å². The summed E-state index contributed by atoms with van der Waals surface area (Å²) in [5.41, 5.74) is 4.86. The molecule has 0 aliphatic heterocycles. The predicted octanol–water partition coefficient (Wildman–Crippen LogP) is 4.37. The van der Waals surface area contributed by atoms with Crippen molar-refractivity contribution in [1.82, 2.24) is 15.1 Å². The van der Waals surface area contributed by atoms with Gasteiger partial charge >= 0.3 is 0 Å². The van der Waals surface area contributed by atoms with E-state index < -0.39 is 0 Å². The van der Waals surface area contributed by atoms with Gasteiger partial charge in [0.1, 0.15) is 0 Å². The van der Waals surface area contributed by atoms with Crippen LogP contribution in [0, 0.1) is 5.41 Å². The van der Waals surface area contributed by atoms with Gasteiger partial charge in [0.15, 0.2) is 0 Å². The van der Waals surface area contributed by atoms with Crippen LogP contribution in [-0.4, -0.2) is 15.7 Å². The van der Waals surface area contributed by atoms with E-state index in [-0.39, 0.29) is 17.4 Å². The van der Waals surface area contributed by atoms with Crippen LogP contribution in [0.5, 0.6) is 0 Å². The molecule has 0 saturated heterocycles. The fraction of sp³-hybridized carbons (Fsp3) is 0.364. The summed E-state index contributed by atoms with van der Waals surface area (Å²) in [5.74, 6) is 0.0814. The Hall–Kier alpha value is -2.40. The van der Waals surface area contributed by atoms with Gasteiger partial charge in [-0.3, -0.25) is 9.48 Å². The molecule has 4 rings (SSSR count). The van der Waals surface area contributed by atoms with Crippen molar-refractivity contribution in [3.63, 3.8) is 0 Å². The highest BCUT2D eigenvalue weighted by molar-refractivity contribution is 7.08. The third kappa shape index (κ3) is 4.14. The fourth-order valence-electron chi connectivity index (χ4n) is 3.94. The van der Waals surface area contributed by atoms with Gasteiger partial charge < -0.3 is 5.32 Å². The maximum absolute atomic E-state index is 12.6. The van der Waals surface area contributed by atoms with Crippen LogP contribution in [0.3, 0.4) is 0 Å². The highest BCUT2D eigenvalue weighted by Crippen LogP contribution is 2.40. The lowest BCUT2D eigenvalue weighted by atomic mass is 9.74. The van der Waals surface area contributed by atoms with E-state index in [0.717, 1.165) is 24.9 Å². The SMILES string of the molecule is CC1(C)Cc2c(cnn2Cc2ccccc2)[C@H](NC(=O)Cc2ccsc2)C1. The summed E-state index contributed by atoms with van der Waals surface area (Å²) in [6, 6.07) is 12.4. The summed E-state index contributed by atoms with van der Waals surface area (Å²) in [6.07, 6.45) is 4.30. The number of hydrogen-bond acceptors (Lipinski definition) is 3. The molecule has 1 N–H and O–H groups in total. The summed E-state index contributed by atoms with van der Waals surface area (Å²) < 4.78 is 2.10. The first-order valence-corrected chi connectivity index (χ1v) is 10.3. The van der Waals surface area contributed by atoms with Gasteiger partial charge in [0.2, 0.25) is 5.91 Å². The average molecular weight is 380 g/mol. The zero-order valence-electron chi connectivity index (χ0n) is 15.8. The standard InChI is InChI=1S/C22H25N3OS/c1-22(2)11-19(24-21(26)10-17-8-9-27-15-17)18-13-23-25(20(18)12-22)14-16-6-4-3-5-7-16/h3-9,13,15,19H,10-12,14H2,1-2H3,(H,24,26)/t19-/m1/s1. The molecule has 2 heterocycles. The minimum absolute atomic E-state index is 0.0272. The van der Waals surface area contributed by atoms with Gasteiger partial charge in [0, 0.05) is 11.3 Å². The van der Waals surface area contributed by atoms with Crippen LogP contribution < -0.4 is 5.32 Å². The Bertz CT molecular complexity index is 912. The third-order valence-corrected chi connectivity index (χ3v) is 5.95. The molecule has 0 radical (unpaired) electrons. The largest absolute Gasteiger partial charge is 0.349 e. The molecule has 140 valence electrons. The van der Waals surface area contributed by atoms with Gasteiger partial charge in [0.05, 0.1) is 25.2 Å². The predicted molar refractivity (Wildman–Crippen MR) is 109 cm³/mol. The molecule has 0 unspecified atom stereocenters. The van der Waals surface area contributed by atoms with Gasteiger partial charge in [-0.15, -0.1) is 0 Å². The number of benzene rings is 1. The third-order valence-electron chi connectivity index (χ3n) is 5.21. The van der Waals surface area contributed by atoms with Crippen molar-refractivity contribution in [1.29, 1.82) is 0 Å². The number of fused-ring (bicyclic) bond motifs is 1. The molecular weight excluding hydrogens is 354 g/mol. The van der Waals surface area contributed by atoms with Crippen LogP contribution in [0.2, 0.25) is 0 Å². The number of thiophene rings is 1. The molecule has 3 aromatic rings. The first kappa shape index (κ1) is 18.0. The van der Waals surface area contributed by atoms with E-state index in [1.807, 2.05) is 29.1 Å². The minimum Gasteiger partial charge on any atom is -0.349 e. The molecule has 0 spiro atoms. The zero-order valence-corrected chi connectivity index (χ0v) is 16.6. The lowest BCUT2D eigenvalue weighted by molar-refractivity contribution is -0.121. The number of nitrogens with zero attached hydrogens (tertiary/aromatic N) is 2. The summed E-state index contributed by atoms with van der Waals surface area (Å²) in [6.45, 7) is 5.31. The number of aromatic nitrogens is 2. The molecule has 27 heavy (non-hydrogen) atoms. The molecule has 1 amide bonds. The minimum atomic E-state index is 0.0272. The summed E-state index contributed by atoms with van der Waals surface area (Å²) in [7, 11) is 0. The lowest BCUT2D eigenvalue weighted by Crippen LogP contribution is -2.37. The Morgan fingerprint density at radius 3 is 2.81 bits per heavy atom. The molecule has 5 heteroatoms. The van der Waals surface area contributed by atoms with Gasteiger partial charge in [0.25, 0.3) is 0 Å². The normalized spacial score (nSPS) is 18.1. The average Bonchev–Trinajstić information content (AvgIpc) is 3.25. The molecule has 1 aromatic carbocycles. The Balaban J connectivity index is 1.55. The van der Waals surface area contributed by atoms with Gasteiger partial charge in [-0.25, -0.2) is 0 Å². The summed E-state index contributed by atoms with van der Waals surface area (Å²) in [4.78, 5) is 12.6. The Morgan fingerprint density at radius 1 is 1.26 bits per heavy atom. The second-order valence-electron chi connectivity index (χ2n) is 8.16. The van der Waals surface area contributed by atoms with Crippen LogP contribution in [0.4, 0.5) is 0 Å². The molecule has 0 saturated carbocycles. The number of hydrogen-bond donors (Lipinski definition) is 1. The fourth-order valence-corrected chi connectivity index (χ4v) is 4.61. The van der Waals surface area contributed by atoms with E-state index in [0.29, 0.717) is 6.42 Å². The van der Waals surface area contributed by atoms with E-state index in [1.165, 1.54) is 16.8 Å². The van der Waals surface area contributed by atoms with Crippen molar-refractivity contribution in [2.75, 3.05) is 0 Å². The molecule has 1 aliphatic carbocycles. The maximum atomic E-state index is 12.6. The molecule has 0 fully saturated rings. The second kappa shape index (κ2) is 7.31. The van der Waals surface area contributed by atoms with Crippen molar-refractivity contribution in [2.45, 2.75) is 45.7 Å². The van der Waals surface area contributed by atoms with Crippen molar-refractivity contribution < 1.29 is 4.79 Å². The van der Waals surface area contributed by atoms with Crippen molar-refractivity contribution in [2.24, 2.45) is 5.41 Å². The molecule has 0 bridgehead atoms. The highest BCUT2D eigenvalue weighted by Gasteiger charge is 2.35. The molecule has 4 nitrogen and oxygen atoms in total. The quantitative estimate of drug-likeness (QED) is 0.716. The van der Waals surface area contributed by atoms with E-state index in [2.05, 4.69) is 53.2 Å². The lowest BCUT2D eigenvalue weighted by Gasteiger charge is -2.36. The molecule has 1 atom stereocenters. The van der Waals surface area contributed by atoms with Crippen LogP contribution in [0.25, 0.3) is 0 Å². The van der Waals surface area contributed by atoms with Crippen LogP contribution in [0.1, 0.15) is 48.7 Å². The zero-order chi connectivity index (χ0) is 18.9. The maximum Gasteiger partial charge on any atom is 0.224 e. The molecule has 1 aliphatic rings. The topological polar surface area (TPSA) is 46.9 Å². The Labute approximate surface area is 164 Å². The van der Waals surface area contributed by atoms with Crippen molar-refractivity contribution in [3.05, 3.63) is 75.7 Å². The summed E-state index contributed by atoms with van der Waals surface area (Å²) >= 11 is 1.63. The first-order valence-electron chi connectivity index (χ1n) is 9.39. The first-order chi connectivity index (χ1) is 13.0. The van der Waals surface area contributed by atoms with E-state index in [1.54, 1.807) is 11.3 Å². The van der Waals surface area contributed by atoms with Crippen molar-refractivity contribution >= 4 is 17.2 Å². The van der Waals surface area contributed by atoms with Gasteiger partial charge in [-0.1, -0.05) is 44.2 Å². The highest BCUT2D eigenvalue weighted by atomic mass is 32.1. The van der Waals surface area contributed by atoms with Crippen LogP contribution in [0.15, 0.2) is 53.4 Å². The number of carbonyl (C=O) groups excluding carboxylic acids is 1. The van der Waals surface area contributed by atoms with Crippen molar-refractivity contribution in [3.8, 4) is 0 Å². The summed E-state index contributed by atoms with van der Waals surface area (Å²) in [5, 5.41) is 12.0. The Morgan fingerprint density at radius 2 is 2.07 bits per heavy atom. The molecular formula is C22H25N3OS.